The highest BCUT2D eigenvalue weighted by Crippen LogP contribution is 2.18. The molecule has 0 aliphatic carbocycles. The van der Waals surface area contributed by atoms with Crippen molar-refractivity contribution in [3.63, 3.8) is 0 Å². The van der Waals surface area contributed by atoms with Gasteiger partial charge in [0.2, 0.25) is 0 Å². The van der Waals surface area contributed by atoms with E-state index in [-0.39, 0.29) is 17.6 Å². The van der Waals surface area contributed by atoms with E-state index in [2.05, 4.69) is 4.99 Å². The van der Waals surface area contributed by atoms with Crippen molar-refractivity contribution in [3.05, 3.63) is 24.3 Å². The van der Waals surface area contributed by atoms with Gasteiger partial charge in [0.25, 0.3) is 5.91 Å². The molecule has 1 aromatic rings. The molecule has 6 N–H and O–H groups in total. The number of nitrogen functional groups attached to an aromatic ring is 1. The zero-order chi connectivity index (χ0) is 11.3. The number of aliphatic imine (C=N–C) groups is 1. The standard InChI is InChI=1S/C9H12N4OS/c10-6-1-3-7(4-2-6)15-5-8(14)13-9(11)12/h1-4H,5,10H2,(H4,11,12,13,14). The molecule has 0 aromatic heterocycles. The van der Waals surface area contributed by atoms with Gasteiger partial charge < -0.3 is 17.2 Å². The van der Waals surface area contributed by atoms with Crippen molar-refractivity contribution in [1.29, 1.82) is 0 Å². The summed E-state index contributed by atoms with van der Waals surface area (Å²) in [6, 6.07) is 7.21. The summed E-state index contributed by atoms with van der Waals surface area (Å²) in [6.45, 7) is 0. The van der Waals surface area contributed by atoms with Gasteiger partial charge in [-0.05, 0) is 24.3 Å². The molecule has 0 aliphatic rings. The highest BCUT2D eigenvalue weighted by atomic mass is 32.2. The number of rotatable bonds is 3. The normalized spacial score (nSPS) is 9.60. The Labute approximate surface area is 91.7 Å². The van der Waals surface area contributed by atoms with Gasteiger partial charge in [-0.3, -0.25) is 4.79 Å². The molecule has 0 aliphatic heterocycles. The Balaban J connectivity index is 2.47. The number of carbonyl (C=O) groups excluding carboxylic acids is 1. The Morgan fingerprint density at radius 2 is 1.87 bits per heavy atom. The van der Waals surface area contributed by atoms with Crippen molar-refractivity contribution in [3.8, 4) is 0 Å². The summed E-state index contributed by atoms with van der Waals surface area (Å²) >= 11 is 1.36. The SMILES string of the molecule is NC(N)=NC(=O)CSc1ccc(N)cc1. The topological polar surface area (TPSA) is 107 Å². The fourth-order valence-corrected chi connectivity index (χ4v) is 1.57. The second-order valence-corrected chi connectivity index (χ2v) is 3.84. The predicted molar refractivity (Wildman–Crippen MR) is 62.4 cm³/mol. The molecule has 0 fully saturated rings. The van der Waals surface area contributed by atoms with Gasteiger partial charge in [-0.15, -0.1) is 11.8 Å². The van der Waals surface area contributed by atoms with Crippen LogP contribution in [-0.2, 0) is 4.79 Å². The number of amides is 1. The lowest BCUT2D eigenvalue weighted by atomic mass is 10.3. The number of carbonyl (C=O) groups is 1. The van der Waals surface area contributed by atoms with Gasteiger partial charge in [0.1, 0.15) is 0 Å². The van der Waals surface area contributed by atoms with E-state index in [0.29, 0.717) is 5.69 Å². The fourth-order valence-electron chi connectivity index (χ4n) is 0.885. The van der Waals surface area contributed by atoms with Crippen LogP contribution in [0.1, 0.15) is 0 Å². The van der Waals surface area contributed by atoms with Crippen molar-refractivity contribution < 1.29 is 4.79 Å². The first-order valence-corrected chi connectivity index (χ1v) is 5.17. The van der Waals surface area contributed by atoms with Gasteiger partial charge in [-0.1, -0.05) is 0 Å². The average Bonchev–Trinajstić information content (AvgIpc) is 2.16. The Hall–Kier alpha value is -1.69. The summed E-state index contributed by atoms with van der Waals surface area (Å²) in [7, 11) is 0. The van der Waals surface area contributed by atoms with Gasteiger partial charge in [-0.25, -0.2) is 0 Å². The van der Waals surface area contributed by atoms with Crippen LogP contribution in [0, 0.1) is 0 Å². The summed E-state index contributed by atoms with van der Waals surface area (Å²) < 4.78 is 0. The van der Waals surface area contributed by atoms with Gasteiger partial charge in [0, 0.05) is 10.6 Å². The molecule has 1 rings (SSSR count). The number of hydrogen-bond donors (Lipinski definition) is 3. The highest BCUT2D eigenvalue weighted by molar-refractivity contribution is 8.00. The third kappa shape index (κ3) is 4.37. The first-order valence-electron chi connectivity index (χ1n) is 4.19. The van der Waals surface area contributed by atoms with Crippen LogP contribution in [0.25, 0.3) is 0 Å². The van der Waals surface area contributed by atoms with Crippen molar-refractivity contribution >= 4 is 29.3 Å². The maximum atomic E-state index is 11.1. The molecule has 15 heavy (non-hydrogen) atoms. The Kier molecular flexibility index (Phi) is 3.99. The summed E-state index contributed by atoms with van der Waals surface area (Å²) in [5.41, 5.74) is 16.3. The van der Waals surface area contributed by atoms with E-state index < -0.39 is 0 Å². The fraction of sp³-hybridized carbons (Fsp3) is 0.111. The number of anilines is 1. The number of thioether (sulfide) groups is 1. The van der Waals surface area contributed by atoms with Gasteiger partial charge in [0.15, 0.2) is 5.96 Å². The molecule has 0 spiro atoms. The molecule has 0 atom stereocenters. The second kappa shape index (κ2) is 5.26. The van der Waals surface area contributed by atoms with Crippen LogP contribution in [0.4, 0.5) is 5.69 Å². The maximum Gasteiger partial charge on any atom is 0.259 e. The van der Waals surface area contributed by atoms with Crippen LogP contribution >= 0.6 is 11.8 Å². The van der Waals surface area contributed by atoms with Crippen molar-refractivity contribution in [2.75, 3.05) is 11.5 Å². The Morgan fingerprint density at radius 1 is 1.27 bits per heavy atom. The molecule has 0 saturated heterocycles. The predicted octanol–water partition coefficient (Wildman–Crippen LogP) is 0.161. The molecule has 0 heterocycles. The molecular weight excluding hydrogens is 212 g/mol. The minimum Gasteiger partial charge on any atom is -0.399 e. The van der Waals surface area contributed by atoms with E-state index in [9.17, 15) is 4.79 Å². The van der Waals surface area contributed by atoms with Gasteiger partial charge >= 0.3 is 0 Å². The van der Waals surface area contributed by atoms with Crippen molar-refractivity contribution in [2.24, 2.45) is 16.5 Å². The second-order valence-electron chi connectivity index (χ2n) is 2.79. The number of guanidine groups is 1. The lowest BCUT2D eigenvalue weighted by Crippen LogP contribution is -2.24. The van der Waals surface area contributed by atoms with Crippen LogP contribution in [0.5, 0.6) is 0 Å². The third-order valence-corrected chi connectivity index (χ3v) is 2.49. The molecule has 0 bridgehead atoms. The van der Waals surface area contributed by atoms with Crippen LogP contribution in [0.15, 0.2) is 34.2 Å². The van der Waals surface area contributed by atoms with E-state index in [0.717, 1.165) is 4.90 Å². The van der Waals surface area contributed by atoms with Crippen LogP contribution < -0.4 is 17.2 Å². The number of nitrogens with zero attached hydrogens (tertiary/aromatic N) is 1. The Bertz CT molecular complexity index is 370. The first kappa shape index (κ1) is 11.4. The van der Waals surface area contributed by atoms with Crippen LogP contribution in [0.3, 0.4) is 0 Å². The van der Waals surface area contributed by atoms with E-state index in [1.807, 2.05) is 12.1 Å². The summed E-state index contributed by atoms with van der Waals surface area (Å²) in [4.78, 5) is 15.4. The summed E-state index contributed by atoms with van der Waals surface area (Å²) in [6.07, 6.45) is 0. The zero-order valence-electron chi connectivity index (χ0n) is 8.01. The summed E-state index contributed by atoms with van der Waals surface area (Å²) in [5.74, 6) is -0.350. The molecule has 1 aromatic carbocycles. The number of nitrogens with two attached hydrogens (primary N) is 3. The average molecular weight is 224 g/mol. The lowest BCUT2D eigenvalue weighted by Gasteiger charge is -1.99. The Morgan fingerprint density at radius 3 is 2.40 bits per heavy atom. The van der Waals surface area contributed by atoms with E-state index in [1.54, 1.807) is 12.1 Å². The molecule has 0 saturated carbocycles. The number of benzene rings is 1. The summed E-state index contributed by atoms with van der Waals surface area (Å²) in [5, 5.41) is 0. The van der Waals surface area contributed by atoms with Gasteiger partial charge in [-0.2, -0.15) is 4.99 Å². The molecular formula is C9H12N4OS. The smallest absolute Gasteiger partial charge is 0.259 e. The van der Waals surface area contributed by atoms with E-state index in [1.165, 1.54) is 11.8 Å². The van der Waals surface area contributed by atoms with Crippen LogP contribution in [0.2, 0.25) is 0 Å². The van der Waals surface area contributed by atoms with E-state index in [4.69, 9.17) is 17.2 Å². The monoisotopic (exact) mass is 224 g/mol. The molecule has 80 valence electrons. The van der Waals surface area contributed by atoms with Crippen molar-refractivity contribution in [2.45, 2.75) is 4.90 Å². The largest absolute Gasteiger partial charge is 0.399 e. The molecule has 1 amide bonds. The number of hydrogen-bond acceptors (Lipinski definition) is 3. The minimum absolute atomic E-state index is 0.210. The lowest BCUT2D eigenvalue weighted by molar-refractivity contribution is -0.115. The zero-order valence-corrected chi connectivity index (χ0v) is 8.83. The first-order chi connectivity index (χ1) is 7.08. The maximum absolute atomic E-state index is 11.1. The van der Waals surface area contributed by atoms with E-state index >= 15 is 0 Å². The minimum atomic E-state index is -0.350. The molecule has 6 heteroatoms. The molecule has 0 radical (unpaired) electrons. The van der Waals surface area contributed by atoms with Crippen LogP contribution in [-0.4, -0.2) is 17.6 Å². The third-order valence-electron chi connectivity index (χ3n) is 1.50. The molecule has 0 unspecified atom stereocenters. The quantitative estimate of drug-likeness (QED) is 0.293. The van der Waals surface area contributed by atoms with Crippen molar-refractivity contribution in [1.82, 2.24) is 0 Å². The highest BCUT2D eigenvalue weighted by Gasteiger charge is 2.01. The molecule has 5 nitrogen and oxygen atoms in total. The van der Waals surface area contributed by atoms with Gasteiger partial charge in [0.05, 0.1) is 5.75 Å².